The highest BCUT2D eigenvalue weighted by Gasteiger charge is 2.21. The van der Waals surface area contributed by atoms with Gasteiger partial charge in [-0.15, -0.1) is 22.9 Å². The van der Waals surface area contributed by atoms with E-state index < -0.39 is 10.0 Å². The highest BCUT2D eigenvalue weighted by molar-refractivity contribution is 7.89. The molecule has 17 heavy (non-hydrogen) atoms. The lowest BCUT2D eigenvalue weighted by molar-refractivity contribution is 0.463. The van der Waals surface area contributed by atoms with Crippen LogP contribution in [0.2, 0.25) is 4.34 Å². The third-order valence-electron chi connectivity index (χ3n) is 2.24. The van der Waals surface area contributed by atoms with Crippen LogP contribution >= 0.6 is 34.5 Å². The summed E-state index contributed by atoms with van der Waals surface area (Å²) in [5, 5.41) is 0. The second-order valence-electron chi connectivity index (χ2n) is 4.00. The van der Waals surface area contributed by atoms with E-state index >= 15 is 0 Å². The van der Waals surface area contributed by atoms with Crippen molar-refractivity contribution in [2.24, 2.45) is 5.92 Å². The van der Waals surface area contributed by atoms with Gasteiger partial charge in [-0.3, -0.25) is 0 Å². The van der Waals surface area contributed by atoms with Gasteiger partial charge in [0.05, 0.1) is 10.1 Å². The maximum absolute atomic E-state index is 11.9. The molecule has 1 rings (SSSR count). The zero-order valence-corrected chi connectivity index (χ0v) is 12.8. The summed E-state index contributed by atoms with van der Waals surface area (Å²) in [7, 11) is -1.67. The van der Waals surface area contributed by atoms with Crippen molar-refractivity contribution < 1.29 is 8.42 Å². The summed E-state index contributed by atoms with van der Waals surface area (Å²) in [6.07, 6.45) is 0. The molecule has 1 aromatic rings. The molecule has 1 aromatic heterocycles. The molecule has 0 N–H and O–H groups in total. The Morgan fingerprint density at radius 3 is 2.59 bits per heavy atom. The summed E-state index contributed by atoms with van der Waals surface area (Å²) >= 11 is 12.8. The van der Waals surface area contributed by atoms with E-state index in [1.165, 1.54) is 15.6 Å². The van der Waals surface area contributed by atoms with Gasteiger partial charge in [0.15, 0.2) is 0 Å². The molecule has 3 nitrogen and oxygen atoms in total. The lowest BCUT2D eigenvalue weighted by Gasteiger charge is -2.18. The van der Waals surface area contributed by atoms with Gasteiger partial charge < -0.3 is 0 Å². The molecule has 0 saturated heterocycles. The van der Waals surface area contributed by atoms with Crippen LogP contribution in [0.3, 0.4) is 0 Å². The smallest absolute Gasteiger partial charge is 0.212 e. The topological polar surface area (TPSA) is 37.4 Å². The molecule has 0 saturated carbocycles. The van der Waals surface area contributed by atoms with Gasteiger partial charge in [-0.2, -0.15) is 4.31 Å². The summed E-state index contributed by atoms with van der Waals surface area (Å²) in [5.41, 5.74) is 0. The monoisotopic (exact) mass is 315 g/mol. The number of halogens is 2. The van der Waals surface area contributed by atoms with Gasteiger partial charge in [-0.1, -0.05) is 18.5 Å². The first-order valence-corrected chi connectivity index (χ1v) is 8.43. The van der Waals surface area contributed by atoms with Crippen LogP contribution < -0.4 is 0 Å². The van der Waals surface area contributed by atoms with Crippen molar-refractivity contribution in [2.75, 3.05) is 18.7 Å². The second-order valence-corrected chi connectivity index (χ2v) is 8.23. The Bertz CT molecular complexity index is 459. The lowest BCUT2D eigenvalue weighted by Crippen LogP contribution is -2.31. The molecule has 0 radical (unpaired) electrons. The molecular formula is C10H15Cl2NO2S2. The Morgan fingerprint density at radius 1 is 1.47 bits per heavy atom. The Morgan fingerprint density at radius 2 is 2.12 bits per heavy atom. The summed E-state index contributed by atoms with van der Waals surface area (Å²) < 4.78 is 25.9. The summed E-state index contributed by atoms with van der Waals surface area (Å²) in [6, 6.07) is 3.60. The Balaban J connectivity index is 2.66. The number of nitrogens with zero attached hydrogens (tertiary/aromatic N) is 1. The fourth-order valence-electron chi connectivity index (χ4n) is 1.29. The Hall–Kier alpha value is 0.190. The molecule has 98 valence electrons. The molecule has 1 heterocycles. The van der Waals surface area contributed by atoms with Crippen molar-refractivity contribution >= 4 is 44.6 Å². The van der Waals surface area contributed by atoms with Gasteiger partial charge in [0, 0.05) is 24.3 Å². The van der Waals surface area contributed by atoms with Crippen LogP contribution in [-0.4, -0.2) is 31.4 Å². The van der Waals surface area contributed by atoms with E-state index in [1.54, 1.807) is 13.1 Å². The van der Waals surface area contributed by atoms with E-state index in [0.717, 1.165) is 4.88 Å². The molecule has 1 unspecified atom stereocenters. The highest BCUT2D eigenvalue weighted by Crippen LogP contribution is 2.23. The van der Waals surface area contributed by atoms with Gasteiger partial charge in [0.2, 0.25) is 10.0 Å². The number of thiophene rings is 1. The number of rotatable bonds is 6. The Kier molecular flexibility index (Phi) is 5.73. The van der Waals surface area contributed by atoms with E-state index in [1.807, 2.05) is 13.0 Å². The molecule has 0 aliphatic carbocycles. The molecular weight excluding hydrogens is 301 g/mol. The Labute approximate surface area is 116 Å². The first-order chi connectivity index (χ1) is 7.85. The minimum Gasteiger partial charge on any atom is -0.212 e. The fourth-order valence-corrected chi connectivity index (χ4v) is 4.17. The van der Waals surface area contributed by atoms with Crippen molar-refractivity contribution in [2.45, 2.75) is 13.5 Å². The SMILES string of the molecule is CC(CCl)CS(=O)(=O)N(C)Cc1ccc(Cl)s1. The maximum atomic E-state index is 11.9. The third kappa shape index (κ3) is 4.75. The highest BCUT2D eigenvalue weighted by atomic mass is 35.5. The number of alkyl halides is 1. The molecule has 0 bridgehead atoms. The predicted molar refractivity (Wildman–Crippen MR) is 74.5 cm³/mol. The third-order valence-corrected chi connectivity index (χ3v) is 6.05. The van der Waals surface area contributed by atoms with Crippen molar-refractivity contribution in [1.29, 1.82) is 0 Å². The molecule has 0 fully saturated rings. The minimum atomic E-state index is -3.25. The van der Waals surface area contributed by atoms with Crippen molar-refractivity contribution in [3.8, 4) is 0 Å². The molecule has 0 aliphatic heterocycles. The quantitative estimate of drug-likeness (QED) is 0.757. The molecule has 7 heteroatoms. The maximum Gasteiger partial charge on any atom is 0.214 e. The van der Waals surface area contributed by atoms with Crippen LogP contribution in [-0.2, 0) is 16.6 Å². The van der Waals surface area contributed by atoms with Crippen molar-refractivity contribution in [3.05, 3.63) is 21.3 Å². The lowest BCUT2D eigenvalue weighted by atomic mass is 10.3. The van der Waals surface area contributed by atoms with Gasteiger partial charge in [0.1, 0.15) is 0 Å². The van der Waals surface area contributed by atoms with Crippen LogP contribution in [0, 0.1) is 5.92 Å². The first kappa shape index (κ1) is 15.2. The first-order valence-electron chi connectivity index (χ1n) is 5.09. The van der Waals surface area contributed by atoms with E-state index in [-0.39, 0.29) is 11.7 Å². The van der Waals surface area contributed by atoms with Crippen LogP contribution in [0.25, 0.3) is 0 Å². The number of hydrogen-bond acceptors (Lipinski definition) is 3. The fraction of sp³-hybridized carbons (Fsp3) is 0.600. The summed E-state index contributed by atoms with van der Waals surface area (Å²) in [4.78, 5) is 0.930. The largest absolute Gasteiger partial charge is 0.214 e. The average molecular weight is 316 g/mol. The van der Waals surface area contributed by atoms with Gasteiger partial charge in [0.25, 0.3) is 0 Å². The van der Waals surface area contributed by atoms with Gasteiger partial charge >= 0.3 is 0 Å². The molecule has 1 atom stereocenters. The second kappa shape index (κ2) is 6.38. The van der Waals surface area contributed by atoms with Crippen LogP contribution in [0.1, 0.15) is 11.8 Å². The molecule has 0 aromatic carbocycles. The zero-order chi connectivity index (χ0) is 13.1. The average Bonchev–Trinajstić information content (AvgIpc) is 2.63. The van der Waals surface area contributed by atoms with Crippen LogP contribution in [0.15, 0.2) is 12.1 Å². The number of hydrogen-bond donors (Lipinski definition) is 0. The number of sulfonamides is 1. The van der Waals surface area contributed by atoms with Crippen LogP contribution in [0.4, 0.5) is 0 Å². The molecule has 0 aliphatic rings. The minimum absolute atomic E-state index is 0.0453. The van der Waals surface area contributed by atoms with Crippen molar-refractivity contribution in [3.63, 3.8) is 0 Å². The van der Waals surface area contributed by atoms with Crippen molar-refractivity contribution in [1.82, 2.24) is 4.31 Å². The predicted octanol–water partition coefficient (Wildman–Crippen LogP) is 3.04. The van der Waals surface area contributed by atoms with Crippen LogP contribution in [0.5, 0.6) is 0 Å². The summed E-state index contributed by atoms with van der Waals surface area (Å²) in [5.74, 6) is 0.375. The van der Waals surface area contributed by atoms with Gasteiger partial charge in [-0.05, 0) is 18.1 Å². The molecule has 0 spiro atoms. The standard InChI is InChI=1S/C10H15Cl2NO2S2/c1-8(5-11)7-17(14,15)13(2)6-9-3-4-10(12)16-9/h3-4,8H,5-7H2,1-2H3. The van der Waals surface area contributed by atoms with E-state index in [9.17, 15) is 8.42 Å². The van der Waals surface area contributed by atoms with Gasteiger partial charge in [-0.25, -0.2) is 8.42 Å². The normalized spacial score (nSPS) is 14.2. The van der Waals surface area contributed by atoms with E-state index in [4.69, 9.17) is 23.2 Å². The zero-order valence-electron chi connectivity index (χ0n) is 9.69. The van der Waals surface area contributed by atoms with E-state index in [2.05, 4.69) is 0 Å². The van der Waals surface area contributed by atoms with E-state index in [0.29, 0.717) is 16.8 Å². The summed E-state index contributed by atoms with van der Waals surface area (Å²) in [6.45, 7) is 2.18. The molecule has 0 amide bonds.